The van der Waals surface area contributed by atoms with E-state index in [0.29, 0.717) is 11.5 Å². The number of ketones is 1. The summed E-state index contributed by atoms with van der Waals surface area (Å²) in [5, 5.41) is 18.8. The van der Waals surface area contributed by atoms with Crippen LogP contribution < -0.4 is 9.47 Å². The molecule has 2 aromatic carbocycles. The minimum Gasteiger partial charge on any atom is -0.508 e. The zero-order chi connectivity index (χ0) is 14.8. The summed E-state index contributed by atoms with van der Waals surface area (Å²) < 4.78 is 10.5. The molecule has 1 heterocycles. The Morgan fingerprint density at radius 1 is 1.05 bits per heavy atom. The van der Waals surface area contributed by atoms with Crippen LogP contribution in [-0.4, -0.2) is 22.8 Å². The summed E-state index contributed by atoms with van der Waals surface area (Å²) in [7, 11) is 0. The highest BCUT2D eigenvalue weighted by Gasteiger charge is 2.13. The summed E-state index contributed by atoms with van der Waals surface area (Å²) >= 11 is 0. The molecule has 0 amide bonds. The molecule has 2 N–H and O–H groups in total. The minimum atomic E-state index is -0.356. The molecule has 0 radical (unpaired) electrons. The van der Waals surface area contributed by atoms with Crippen molar-refractivity contribution in [3.05, 3.63) is 53.6 Å². The van der Waals surface area contributed by atoms with E-state index in [0.717, 1.165) is 11.6 Å². The molecule has 0 saturated carbocycles. The molecular formula is C16H12O5. The van der Waals surface area contributed by atoms with Gasteiger partial charge in [0.2, 0.25) is 6.79 Å². The van der Waals surface area contributed by atoms with Gasteiger partial charge in [0.15, 0.2) is 17.3 Å². The van der Waals surface area contributed by atoms with E-state index in [2.05, 4.69) is 0 Å². The van der Waals surface area contributed by atoms with Crippen LogP contribution in [0.1, 0.15) is 15.9 Å². The monoisotopic (exact) mass is 284 g/mol. The lowest BCUT2D eigenvalue weighted by molar-refractivity contribution is 0.104. The molecule has 0 fully saturated rings. The van der Waals surface area contributed by atoms with E-state index in [4.69, 9.17) is 9.47 Å². The molecule has 3 rings (SSSR count). The molecule has 1 aliphatic rings. The molecule has 0 atom stereocenters. The lowest BCUT2D eigenvalue weighted by Gasteiger charge is -2.01. The van der Waals surface area contributed by atoms with Crippen LogP contribution in [-0.2, 0) is 0 Å². The van der Waals surface area contributed by atoms with Crippen LogP contribution in [0, 0.1) is 0 Å². The fourth-order valence-corrected chi connectivity index (χ4v) is 2.01. The number of phenols is 2. The van der Waals surface area contributed by atoms with Gasteiger partial charge in [-0.05, 0) is 35.9 Å². The van der Waals surface area contributed by atoms with Gasteiger partial charge in [-0.1, -0.05) is 12.1 Å². The minimum absolute atomic E-state index is 0.0937. The first kappa shape index (κ1) is 13.1. The molecule has 2 aromatic rings. The molecule has 5 heteroatoms. The predicted octanol–water partition coefficient (Wildman–Crippen LogP) is 2.72. The number of rotatable bonds is 3. The van der Waals surface area contributed by atoms with Gasteiger partial charge in [0.05, 0.1) is 5.56 Å². The van der Waals surface area contributed by atoms with E-state index < -0.39 is 0 Å². The Labute approximate surface area is 120 Å². The smallest absolute Gasteiger partial charge is 0.231 e. The maximum absolute atomic E-state index is 12.0. The first-order chi connectivity index (χ1) is 10.1. The lowest BCUT2D eigenvalue weighted by Crippen LogP contribution is -1.94. The Bertz CT molecular complexity index is 733. The normalized spacial score (nSPS) is 12.8. The number of carbonyl (C=O) groups excluding carboxylic acids is 1. The van der Waals surface area contributed by atoms with E-state index in [1.165, 1.54) is 18.2 Å². The van der Waals surface area contributed by atoms with Crippen molar-refractivity contribution < 1.29 is 24.5 Å². The summed E-state index contributed by atoms with van der Waals surface area (Å²) in [6.45, 7) is 0.197. The first-order valence-corrected chi connectivity index (χ1v) is 6.27. The van der Waals surface area contributed by atoms with Crippen molar-refractivity contribution >= 4 is 11.9 Å². The van der Waals surface area contributed by atoms with Crippen LogP contribution in [0.2, 0.25) is 0 Å². The second-order valence-corrected chi connectivity index (χ2v) is 4.51. The Morgan fingerprint density at radius 2 is 1.86 bits per heavy atom. The van der Waals surface area contributed by atoms with Gasteiger partial charge in [0.1, 0.15) is 11.5 Å². The van der Waals surface area contributed by atoms with Crippen molar-refractivity contribution in [3.63, 3.8) is 0 Å². The molecule has 0 saturated heterocycles. The third-order valence-corrected chi connectivity index (χ3v) is 3.07. The molecule has 21 heavy (non-hydrogen) atoms. The van der Waals surface area contributed by atoms with Gasteiger partial charge in [0, 0.05) is 6.07 Å². The van der Waals surface area contributed by atoms with Gasteiger partial charge in [-0.15, -0.1) is 0 Å². The molecule has 0 bridgehead atoms. The van der Waals surface area contributed by atoms with Crippen molar-refractivity contribution in [1.82, 2.24) is 0 Å². The summed E-state index contributed by atoms with van der Waals surface area (Å²) in [5.74, 6) is 0.607. The Morgan fingerprint density at radius 3 is 2.67 bits per heavy atom. The fraction of sp³-hybridized carbons (Fsp3) is 0.0625. The predicted molar refractivity (Wildman–Crippen MR) is 75.7 cm³/mol. The molecule has 0 spiro atoms. The molecule has 0 aromatic heterocycles. The largest absolute Gasteiger partial charge is 0.508 e. The zero-order valence-electron chi connectivity index (χ0n) is 10.9. The maximum Gasteiger partial charge on any atom is 0.231 e. The van der Waals surface area contributed by atoms with Crippen LogP contribution in [0.3, 0.4) is 0 Å². The van der Waals surface area contributed by atoms with E-state index in [-0.39, 0.29) is 29.6 Å². The van der Waals surface area contributed by atoms with Gasteiger partial charge < -0.3 is 19.7 Å². The van der Waals surface area contributed by atoms with Crippen molar-refractivity contribution in [1.29, 1.82) is 0 Å². The number of fused-ring (bicyclic) bond motifs is 1. The summed E-state index contributed by atoms with van der Waals surface area (Å²) in [6.07, 6.45) is 2.97. The second-order valence-electron chi connectivity index (χ2n) is 4.51. The van der Waals surface area contributed by atoms with Crippen LogP contribution >= 0.6 is 0 Å². The van der Waals surface area contributed by atoms with Gasteiger partial charge in [-0.2, -0.15) is 0 Å². The lowest BCUT2D eigenvalue weighted by atomic mass is 10.1. The highest BCUT2D eigenvalue weighted by atomic mass is 16.7. The van der Waals surface area contributed by atoms with Crippen molar-refractivity contribution in [2.75, 3.05) is 6.79 Å². The quantitative estimate of drug-likeness (QED) is 0.669. The van der Waals surface area contributed by atoms with Gasteiger partial charge in [-0.3, -0.25) is 4.79 Å². The Kier molecular flexibility index (Phi) is 3.23. The van der Waals surface area contributed by atoms with Crippen LogP contribution in [0.15, 0.2) is 42.5 Å². The van der Waals surface area contributed by atoms with Crippen molar-refractivity contribution in [2.24, 2.45) is 0 Å². The highest BCUT2D eigenvalue weighted by molar-refractivity contribution is 6.08. The molecule has 0 unspecified atom stereocenters. The summed E-state index contributed by atoms with van der Waals surface area (Å²) in [5.41, 5.74) is 0.913. The molecular weight excluding hydrogens is 272 g/mol. The maximum atomic E-state index is 12.0. The zero-order valence-corrected chi connectivity index (χ0v) is 10.9. The van der Waals surface area contributed by atoms with E-state index in [9.17, 15) is 15.0 Å². The van der Waals surface area contributed by atoms with Crippen LogP contribution in [0.25, 0.3) is 6.08 Å². The highest BCUT2D eigenvalue weighted by Crippen LogP contribution is 2.33. The summed E-state index contributed by atoms with van der Waals surface area (Å²) in [6, 6.07) is 9.18. The topological polar surface area (TPSA) is 76.0 Å². The van der Waals surface area contributed by atoms with Crippen LogP contribution in [0.5, 0.6) is 23.0 Å². The third kappa shape index (κ3) is 2.67. The van der Waals surface area contributed by atoms with Gasteiger partial charge >= 0.3 is 0 Å². The number of hydrogen-bond acceptors (Lipinski definition) is 5. The fourth-order valence-electron chi connectivity index (χ4n) is 2.01. The number of hydrogen-bond donors (Lipinski definition) is 2. The van der Waals surface area contributed by atoms with E-state index in [1.54, 1.807) is 24.3 Å². The van der Waals surface area contributed by atoms with E-state index >= 15 is 0 Å². The third-order valence-electron chi connectivity index (χ3n) is 3.07. The Hall–Kier alpha value is -2.95. The molecule has 0 aliphatic carbocycles. The number of ether oxygens (including phenoxy) is 2. The van der Waals surface area contributed by atoms with E-state index in [1.807, 2.05) is 0 Å². The number of phenolic OH excluding ortho intramolecular Hbond substituents is 2. The van der Waals surface area contributed by atoms with Crippen LogP contribution in [0.4, 0.5) is 0 Å². The number of allylic oxidation sites excluding steroid dienone is 1. The van der Waals surface area contributed by atoms with Crippen molar-refractivity contribution in [2.45, 2.75) is 0 Å². The number of aromatic hydroxyl groups is 2. The van der Waals surface area contributed by atoms with Crippen molar-refractivity contribution in [3.8, 4) is 23.0 Å². The molecule has 1 aliphatic heterocycles. The standard InChI is InChI=1S/C16H12O5/c17-11-3-4-12(14(19)8-11)13(18)5-1-10-2-6-15-16(7-10)21-9-20-15/h1-8,17,19H,9H2/b5-1-. The average Bonchev–Trinajstić information content (AvgIpc) is 2.92. The average molecular weight is 284 g/mol. The SMILES string of the molecule is O=C(/C=C\c1ccc2c(c1)OCO2)c1ccc(O)cc1O. The first-order valence-electron chi connectivity index (χ1n) is 6.27. The number of benzene rings is 2. The number of carbonyl (C=O) groups is 1. The molecule has 106 valence electrons. The van der Waals surface area contributed by atoms with Gasteiger partial charge in [0.25, 0.3) is 0 Å². The molecule has 5 nitrogen and oxygen atoms in total. The second kappa shape index (κ2) is 5.20. The summed E-state index contributed by atoms with van der Waals surface area (Å²) in [4.78, 5) is 12.0. The van der Waals surface area contributed by atoms with Gasteiger partial charge in [-0.25, -0.2) is 0 Å². The Balaban J connectivity index is 1.80.